The standard InChI is InChI=1S/C14H23NO5/c1-14(2,3)20-12(17)8-10(13(18)19)15-11(16)7-9-5-4-6-9/h9-10H,4-8H2,1-3H3,(H,15,16)(H,18,19)/t10-/m0/s1. The highest BCUT2D eigenvalue weighted by atomic mass is 16.6. The minimum atomic E-state index is -1.22. The van der Waals surface area contributed by atoms with E-state index >= 15 is 0 Å². The molecule has 2 N–H and O–H groups in total. The van der Waals surface area contributed by atoms with Gasteiger partial charge < -0.3 is 15.2 Å². The summed E-state index contributed by atoms with van der Waals surface area (Å²) >= 11 is 0. The van der Waals surface area contributed by atoms with E-state index in [4.69, 9.17) is 9.84 Å². The molecule has 20 heavy (non-hydrogen) atoms. The molecule has 0 heterocycles. The van der Waals surface area contributed by atoms with Gasteiger partial charge in [-0.3, -0.25) is 9.59 Å². The van der Waals surface area contributed by atoms with Crippen LogP contribution in [0.5, 0.6) is 0 Å². The molecule has 0 aromatic rings. The van der Waals surface area contributed by atoms with Crippen molar-refractivity contribution in [1.82, 2.24) is 5.32 Å². The van der Waals surface area contributed by atoms with Crippen molar-refractivity contribution >= 4 is 17.8 Å². The fraction of sp³-hybridized carbons (Fsp3) is 0.786. The van der Waals surface area contributed by atoms with E-state index in [1.54, 1.807) is 20.8 Å². The van der Waals surface area contributed by atoms with Crippen LogP contribution < -0.4 is 5.32 Å². The maximum Gasteiger partial charge on any atom is 0.326 e. The Balaban J connectivity index is 2.45. The maximum absolute atomic E-state index is 11.7. The summed E-state index contributed by atoms with van der Waals surface area (Å²) < 4.78 is 5.06. The highest BCUT2D eigenvalue weighted by Crippen LogP contribution is 2.29. The van der Waals surface area contributed by atoms with E-state index in [0.29, 0.717) is 12.3 Å². The van der Waals surface area contributed by atoms with Crippen LogP contribution in [0.25, 0.3) is 0 Å². The van der Waals surface area contributed by atoms with Gasteiger partial charge in [-0.25, -0.2) is 4.79 Å². The lowest BCUT2D eigenvalue weighted by molar-refractivity contribution is -0.158. The number of carboxylic acids is 1. The summed E-state index contributed by atoms with van der Waals surface area (Å²) in [5.41, 5.74) is -0.671. The lowest BCUT2D eigenvalue weighted by atomic mass is 9.83. The normalized spacial score (nSPS) is 16.9. The van der Waals surface area contributed by atoms with Gasteiger partial charge in [0.15, 0.2) is 0 Å². The summed E-state index contributed by atoms with van der Waals surface area (Å²) in [5, 5.41) is 11.4. The van der Waals surface area contributed by atoms with E-state index in [2.05, 4.69) is 5.32 Å². The van der Waals surface area contributed by atoms with Crippen molar-refractivity contribution in [2.75, 3.05) is 0 Å². The van der Waals surface area contributed by atoms with E-state index in [1.807, 2.05) is 0 Å². The molecule has 1 atom stereocenters. The van der Waals surface area contributed by atoms with Crippen molar-refractivity contribution in [3.63, 3.8) is 0 Å². The minimum Gasteiger partial charge on any atom is -0.480 e. The third-order valence-corrected chi connectivity index (χ3v) is 3.12. The largest absolute Gasteiger partial charge is 0.480 e. The number of amides is 1. The number of hydrogen-bond donors (Lipinski definition) is 2. The van der Waals surface area contributed by atoms with Crippen molar-refractivity contribution in [1.29, 1.82) is 0 Å². The Labute approximate surface area is 118 Å². The Bertz CT molecular complexity index is 382. The van der Waals surface area contributed by atoms with Crippen molar-refractivity contribution in [3.8, 4) is 0 Å². The van der Waals surface area contributed by atoms with Gasteiger partial charge in [-0.1, -0.05) is 6.42 Å². The Hall–Kier alpha value is -1.59. The summed E-state index contributed by atoms with van der Waals surface area (Å²) in [5.74, 6) is -1.82. The van der Waals surface area contributed by atoms with Crippen LogP contribution in [0, 0.1) is 5.92 Å². The molecule has 1 aliphatic carbocycles. The molecule has 6 nitrogen and oxygen atoms in total. The number of carbonyl (C=O) groups is 3. The van der Waals surface area contributed by atoms with Crippen LogP contribution in [0.2, 0.25) is 0 Å². The van der Waals surface area contributed by atoms with Crippen LogP contribution in [0.15, 0.2) is 0 Å². The van der Waals surface area contributed by atoms with E-state index < -0.39 is 23.6 Å². The van der Waals surface area contributed by atoms with Crippen molar-refractivity contribution in [2.45, 2.75) is 64.5 Å². The second-order valence-electron chi connectivity index (χ2n) is 6.25. The van der Waals surface area contributed by atoms with Gasteiger partial charge in [-0.15, -0.1) is 0 Å². The lowest BCUT2D eigenvalue weighted by Crippen LogP contribution is -2.44. The van der Waals surface area contributed by atoms with E-state index in [0.717, 1.165) is 19.3 Å². The second-order valence-corrected chi connectivity index (χ2v) is 6.25. The maximum atomic E-state index is 11.7. The molecule has 1 rings (SSSR count). The topological polar surface area (TPSA) is 92.7 Å². The van der Waals surface area contributed by atoms with E-state index in [9.17, 15) is 14.4 Å². The van der Waals surface area contributed by atoms with Crippen LogP contribution in [-0.2, 0) is 19.1 Å². The first kappa shape index (κ1) is 16.5. The highest BCUT2D eigenvalue weighted by molar-refractivity contribution is 5.87. The zero-order valence-electron chi connectivity index (χ0n) is 12.3. The van der Waals surface area contributed by atoms with Crippen LogP contribution in [0.3, 0.4) is 0 Å². The molecule has 0 aromatic carbocycles. The third kappa shape index (κ3) is 6.04. The first-order chi connectivity index (χ1) is 9.17. The molecule has 6 heteroatoms. The predicted molar refractivity (Wildman–Crippen MR) is 72.0 cm³/mol. The first-order valence-electron chi connectivity index (χ1n) is 6.91. The van der Waals surface area contributed by atoms with Crippen molar-refractivity contribution < 1.29 is 24.2 Å². The monoisotopic (exact) mass is 285 g/mol. The molecular formula is C14H23NO5. The molecule has 0 unspecified atom stereocenters. The van der Waals surface area contributed by atoms with Crippen molar-refractivity contribution in [3.05, 3.63) is 0 Å². The molecule has 0 spiro atoms. The highest BCUT2D eigenvalue weighted by Gasteiger charge is 2.28. The number of aliphatic carboxylic acids is 1. The van der Waals surface area contributed by atoms with Gasteiger partial charge in [0.2, 0.25) is 5.91 Å². The molecule has 0 aliphatic heterocycles. The van der Waals surface area contributed by atoms with Crippen molar-refractivity contribution in [2.24, 2.45) is 5.92 Å². The molecule has 0 aromatic heterocycles. The fourth-order valence-electron chi connectivity index (χ4n) is 1.96. The van der Waals surface area contributed by atoms with Gasteiger partial charge >= 0.3 is 11.9 Å². The molecule has 1 amide bonds. The number of carbonyl (C=O) groups excluding carboxylic acids is 2. The van der Waals surface area contributed by atoms with Crippen LogP contribution in [0.4, 0.5) is 0 Å². The number of esters is 1. The summed E-state index contributed by atoms with van der Waals surface area (Å²) in [6.45, 7) is 5.11. The molecule has 0 bridgehead atoms. The minimum absolute atomic E-state index is 0.314. The quantitative estimate of drug-likeness (QED) is 0.721. The predicted octanol–water partition coefficient (Wildman–Crippen LogP) is 1.48. The summed E-state index contributed by atoms with van der Waals surface area (Å²) in [4.78, 5) is 34.4. The Morgan fingerprint density at radius 2 is 1.90 bits per heavy atom. The van der Waals surface area contributed by atoms with Gasteiger partial charge in [0, 0.05) is 6.42 Å². The first-order valence-corrected chi connectivity index (χ1v) is 6.91. The average molecular weight is 285 g/mol. The van der Waals surface area contributed by atoms with Crippen LogP contribution in [0.1, 0.15) is 52.9 Å². The number of hydrogen-bond acceptors (Lipinski definition) is 4. The summed E-state index contributed by atoms with van der Waals surface area (Å²) in [6.07, 6.45) is 3.12. The zero-order valence-corrected chi connectivity index (χ0v) is 12.3. The van der Waals surface area contributed by atoms with E-state index in [-0.39, 0.29) is 12.3 Å². The van der Waals surface area contributed by atoms with Gasteiger partial charge in [0.05, 0.1) is 6.42 Å². The number of carboxylic acid groups (broad SMARTS) is 1. The Morgan fingerprint density at radius 1 is 1.30 bits per heavy atom. The number of ether oxygens (including phenoxy) is 1. The molecule has 1 aliphatic rings. The average Bonchev–Trinajstić information content (AvgIpc) is 2.19. The Morgan fingerprint density at radius 3 is 2.30 bits per heavy atom. The molecule has 1 fully saturated rings. The Kier molecular flexibility index (Phi) is 5.53. The van der Waals surface area contributed by atoms with E-state index in [1.165, 1.54) is 0 Å². The second kappa shape index (κ2) is 6.72. The fourth-order valence-corrected chi connectivity index (χ4v) is 1.96. The molecule has 0 saturated heterocycles. The molecule has 0 radical (unpaired) electrons. The van der Waals surface area contributed by atoms with Crippen LogP contribution >= 0.6 is 0 Å². The van der Waals surface area contributed by atoms with Crippen LogP contribution in [-0.4, -0.2) is 34.6 Å². The van der Waals surface area contributed by atoms with Gasteiger partial charge in [0.1, 0.15) is 11.6 Å². The van der Waals surface area contributed by atoms with Gasteiger partial charge in [0.25, 0.3) is 0 Å². The van der Waals surface area contributed by atoms with Gasteiger partial charge in [-0.2, -0.15) is 0 Å². The van der Waals surface area contributed by atoms with Gasteiger partial charge in [-0.05, 0) is 39.5 Å². The molecular weight excluding hydrogens is 262 g/mol. The number of rotatable bonds is 6. The SMILES string of the molecule is CC(C)(C)OC(=O)C[C@H](NC(=O)CC1CCC1)C(=O)O. The summed E-state index contributed by atoms with van der Waals surface area (Å²) in [6, 6.07) is -1.22. The smallest absolute Gasteiger partial charge is 0.326 e. The zero-order chi connectivity index (χ0) is 15.3. The molecule has 1 saturated carbocycles. The molecule has 114 valence electrons. The lowest BCUT2D eigenvalue weighted by Gasteiger charge is -2.25. The third-order valence-electron chi connectivity index (χ3n) is 3.12. The number of nitrogens with one attached hydrogen (secondary N) is 1. The summed E-state index contributed by atoms with van der Waals surface area (Å²) in [7, 11) is 0.